The zero-order valence-corrected chi connectivity index (χ0v) is 7.67. The van der Waals surface area contributed by atoms with Crippen molar-refractivity contribution in [1.82, 2.24) is 4.90 Å². The van der Waals surface area contributed by atoms with Crippen LogP contribution in [0.3, 0.4) is 0 Å². The first-order valence-corrected chi connectivity index (χ1v) is 4.21. The number of hydrogen-bond donors (Lipinski definition) is 1. The van der Waals surface area contributed by atoms with Crippen molar-refractivity contribution in [2.45, 2.75) is 19.3 Å². The van der Waals surface area contributed by atoms with Crippen molar-refractivity contribution in [3.8, 4) is 0 Å². The van der Waals surface area contributed by atoms with E-state index in [-0.39, 0.29) is 12.5 Å². The van der Waals surface area contributed by atoms with Crippen LogP contribution in [-0.2, 0) is 9.59 Å². The van der Waals surface area contributed by atoms with Gasteiger partial charge >= 0.3 is 5.97 Å². The monoisotopic (exact) mass is 207 g/mol. The van der Waals surface area contributed by atoms with E-state index in [1.165, 1.54) is 6.92 Å². The molecular weight excluding hydrogens is 196 g/mol. The standard InChI is InChI=1S/C8H11F2NO3/c1-5(12)11-3-2-8(9,10)6(4-11)7(13)14/h6H,2-4H2,1H3,(H,13,14). The van der Waals surface area contributed by atoms with Crippen LogP contribution in [-0.4, -0.2) is 40.9 Å². The highest BCUT2D eigenvalue weighted by atomic mass is 19.3. The Hall–Kier alpha value is -1.20. The zero-order valence-electron chi connectivity index (χ0n) is 7.67. The number of likely N-dealkylation sites (tertiary alicyclic amines) is 1. The zero-order chi connectivity index (χ0) is 10.9. The molecule has 0 aliphatic carbocycles. The summed E-state index contributed by atoms with van der Waals surface area (Å²) in [4.78, 5) is 22.5. The average molecular weight is 207 g/mol. The lowest BCUT2D eigenvalue weighted by Crippen LogP contribution is -2.51. The first-order chi connectivity index (χ1) is 6.34. The normalized spacial score (nSPS) is 25.9. The SMILES string of the molecule is CC(=O)N1CCC(F)(F)C(C(=O)O)C1. The molecule has 1 unspecified atom stereocenters. The minimum absolute atomic E-state index is 0.0773. The van der Waals surface area contributed by atoms with Gasteiger partial charge in [-0.3, -0.25) is 9.59 Å². The molecule has 1 amide bonds. The first kappa shape index (κ1) is 10.9. The minimum Gasteiger partial charge on any atom is -0.481 e. The van der Waals surface area contributed by atoms with Crippen LogP contribution in [0.4, 0.5) is 8.78 Å². The van der Waals surface area contributed by atoms with E-state index in [9.17, 15) is 18.4 Å². The molecule has 0 aromatic heterocycles. The number of carbonyl (C=O) groups is 2. The maximum absolute atomic E-state index is 13.0. The molecule has 6 heteroatoms. The summed E-state index contributed by atoms with van der Waals surface area (Å²) in [6.07, 6.45) is -0.580. The van der Waals surface area contributed by atoms with Gasteiger partial charge < -0.3 is 10.0 Å². The molecule has 0 saturated carbocycles. The molecule has 1 rings (SSSR count). The highest BCUT2D eigenvalue weighted by Crippen LogP contribution is 2.33. The van der Waals surface area contributed by atoms with Crippen molar-refractivity contribution in [3.63, 3.8) is 0 Å². The number of alkyl halides is 2. The van der Waals surface area contributed by atoms with Crippen LogP contribution in [0.25, 0.3) is 0 Å². The molecule has 0 radical (unpaired) electrons. The van der Waals surface area contributed by atoms with E-state index < -0.39 is 30.8 Å². The van der Waals surface area contributed by atoms with Crippen molar-refractivity contribution in [2.75, 3.05) is 13.1 Å². The summed E-state index contributed by atoms with van der Waals surface area (Å²) < 4.78 is 26.1. The van der Waals surface area contributed by atoms with Crippen LogP contribution >= 0.6 is 0 Å². The molecular formula is C8H11F2NO3. The van der Waals surface area contributed by atoms with Gasteiger partial charge in [-0.15, -0.1) is 0 Å². The maximum atomic E-state index is 13.0. The van der Waals surface area contributed by atoms with Gasteiger partial charge in [0.05, 0.1) is 0 Å². The summed E-state index contributed by atoms with van der Waals surface area (Å²) in [5.41, 5.74) is 0. The van der Waals surface area contributed by atoms with Gasteiger partial charge in [0.2, 0.25) is 5.91 Å². The lowest BCUT2D eigenvalue weighted by atomic mass is 9.93. The van der Waals surface area contributed by atoms with Crippen molar-refractivity contribution in [3.05, 3.63) is 0 Å². The van der Waals surface area contributed by atoms with Crippen LogP contribution in [0.1, 0.15) is 13.3 Å². The predicted octanol–water partition coefficient (Wildman–Crippen LogP) is 0.575. The Morgan fingerprint density at radius 3 is 2.50 bits per heavy atom. The Bertz CT molecular complexity index is 267. The number of carboxylic acid groups (broad SMARTS) is 1. The second-order valence-electron chi connectivity index (χ2n) is 3.37. The topological polar surface area (TPSA) is 57.6 Å². The van der Waals surface area contributed by atoms with Gasteiger partial charge in [-0.1, -0.05) is 0 Å². The summed E-state index contributed by atoms with van der Waals surface area (Å²) in [6, 6.07) is 0. The van der Waals surface area contributed by atoms with Crippen LogP contribution in [0.15, 0.2) is 0 Å². The molecule has 1 saturated heterocycles. The Kier molecular flexibility index (Phi) is 2.73. The number of carboxylic acids is 1. The molecule has 0 bridgehead atoms. The largest absolute Gasteiger partial charge is 0.481 e. The molecule has 0 aromatic carbocycles. The summed E-state index contributed by atoms with van der Waals surface area (Å²) in [6.45, 7) is 0.756. The molecule has 0 spiro atoms. The summed E-state index contributed by atoms with van der Waals surface area (Å²) in [5, 5.41) is 8.56. The molecule has 1 aliphatic rings. The molecule has 1 fully saturated rings. The van der Waals surface area contributed by atoms with Crippen molar-refractivity contribution in [2.24, 2.45) is 5.92 Å². The minimum atomic E-state index is -3.21. The van der Waals surface area contributed by atoms with Gasteiger partial charge in [-0.2, -0.15) is 0 Å². The lowest BCUT2D eigenvalue weighted by Gasteiger charge is -2.35. The van der Waals surface area contributed by atoms with Gasteiger partial charge in [0.1, 0.15) is 5.92 Å². The second kappa shape index (κ2) is 3.51. The number of carbonyl (C=O) groups excluding carboxylic acids is 1. The first-order valence-electron chi connectivity index (χ1n) is 4.21. The van der Waals surface area contributed by atoms with Crippen LogP contribution < -0.4 is 0 Å². The van der Waals surface area contributed by atoms with E-state index in [1.807, 2.05) is 0 Å². The molecule has 1 N–H and O–H groups in total. The molecule has 4 nitrogen and oxygen atoms in total. The number of amides is 1. The highest BCUT2D eigenvalue weighted by Gasteiger charge is 2.48. The number of nitrogens with zero attached hydrogens (tertiary/aromatic N) is 1. The Morgan fingerprint density at radius 2 is 2.07 bits per heavy atom. The van der Waals surface area contributed by atoms with E-state index in [1.54, 1.807) is 0 Å². The maximum Gasteiger partial charge on any atom is 0.314 e. The molecule has 14 heavy (non-hydrogen) atoms. The Morgan fingerprint density at radius 1 is 1.50 bits per heavy atom. The smallest absolute Gasteiger partial charge is 0.314 e. The fourth-order valence-electron chi connectivity index (χ4n) is 1.45. The van der Waals surface area contributed by atoms with Gasteiger partial charge in [0.25, 0.3) is 5.92 Å². The summed E-state index contributed by atoms with van der Waals surface area (Å²) >= 11 is 0. The number of halogens is 2. The molecule has 0 aromatic rings. The molecule has 1 atom stereocenters. The van der Waals surface area contributed by atoms with E-state index in [0.717, 1.165) is 4.90 Å². The Balaban J connectivity index is 2.77. The van der Waals surface area contributed by atoms with Crippen LogP contribution in [0.5, 0.6) is 0 Å². The van der Waals surface area contributed by atoms with Crippen molar-refractivity contribution < 1.29 is 23.5 Å². The number of aliphatic carboxylic acids is 1. The molecule has 1 heterocycles. The van der Waals surface area contributed by atoms with Crippen molar-refractivity contribution in [1.29, 1.82) is 0 Å². The highest BCUT2D eigenvalue weighted by molar-refractivity contribution is 5.76. The second-order valence-corrected chi connectivity index (χ2v) is 3.37. The van der Waals surface area contributed by atoms with E-state index in [2.05, 4.69) is 0 Å². The van der Waals surface area contributed by atoms with Gasteiger partial charge in [0, 0.05) is 26.4 Å². The van der Waals surface area contributed by atoms with Crippen LogP contribution in [0.2, 0.25) is 0 Å². The fourth-order valence-corrected chi connectivity index (χ4v) is 1.45. The van der Waals surface area contributed by atoms with Gasteiger partial charge in [0.15, 0.2) is 0 Å². The van der Waals surface area contributed by atoms with E-state index in [0.29, 0.717) is 0 Å². The summed E-state index contributed by atoms with van der Waals surface area (Å²) in [7, 11) is 0. The number of rotatable bonds is 1. The number of hydrogen-bond acceptors (Lipinski definition) is 2. The Labute approximate surface area is 79.5 Å². The van der Waals surface area contributed by atoms with Gasteiger partial charge in [-0.05, 0) is 0 Å². The quantitative estimate of drug-likeness (QED) is 0.684. The van der Waals surface area contributed by atoms with Gasteiger partial charge in [-0.25, -0.2) is 8.78 Å². The summed E-state index contributed by atoms with van der Waals surface area (Å²) in [5.74, 6) is -6.91. The number of piperidine rings is 1. The van der Waals surface area contributed by atoms with E-state index >= 15 is 0 Å². The van der Waals surface area contributed by atoms with Crippen molar-refractivity contribution >= 4 is 11.9 Å². The molecule has 1 aliphatic heterocycles. The average Bonchev–Trinajstić information content (AvgIpc) is 2.02. The van der Waals surface area contributed by atoms with E-state index in [4.69, 9.17) is 5.11 Å². The third kappa shape index (κ3) is 2.00. The predicted molar refractivity (Wildman–Crippen MR) is 42.9 cm³/mol. The molecule has 80 valence electrons. The fraction of sp³-hybridized carbons (Fsp3) is 0.750. The third-order valence-electron chi connectivity index (χ3n) is 2.37. The van der Waals surface area contributed by atoms with Crippen LogP contribution in [0, 0.1) is 5.92 Å². The third-order valence-corrected chi connectivity index (χ3v) is 2.37. The lowest BCUT2D eigenvalue weighted by molar-refractivity contribution is -0.168.